The van der Waals surface area contributed by atoms with Crippen molar-refractivity contribution in [1.29, 1.82) is 0 Å². The number of benzene rings is 1. The molecule has 3 aliphatic rings. The molecule has 0 amide bonds. The standard InChI is InChI=1S/C17H22FNO/c18-14-4-1-11(2-5-14)10-19-16-6-3-12-8-17(20)9-13(16)7-15(12)17/h1-2,4-5,12-13,15-16,19-20H,3,6-10H2/t12?,13?,15?,16-,17+/m0/s1. The predicted molar refractivity (Wildman–Crippen MR) is 75.5 cm³/mol. The minimum atomic E-state index is -0.328. The molecule has 3 saturated carbocycles. The number of rotatable bonds is 3. The summed E-state index contributed by atoms with van der Waals surface area (Å²) in [4.78, 5) is 0. The van der Waals surface area contributed by atoms with E-state index in [1.807, 2.05) is 12.1 Å². The number of hydrogen-bond donors (Lipinski definition) is 2. The van der Waals surface area contributed by atoms with E-state index in [1.54, 1.807) is 0 Å². The summed E-state index contributed by atoms with van der Waals surface area (Å²) in [6.45, 7) is 0.801. The number of fused-ring (bicyclic) bond motifs is 1. The normalized spacial score (nSPS) is 42.1. The Balaban J connectivity index is 1.41. The van der Waals surface area contributed by atoms with Crippen LogP contribution in [0.1, 0.15) is 37.7 Å². The van der Waals surface area contributed by atoms with Crippen molar-refractivity contribution in [1.82, 2.24) is 5.32 Å². The molecule has 3 aliphatic carbocycles. The van der Waals surface area contributed by atoms with Crippen LogP contribution in [0.15, 0.2) is 24.3 Å². The Labute approximate surface area is 119 Å². The quantitative estimate of drug-likeness (QED) is 0.889. The van der Waals surface area contributed by atoms with Crippen molar-refractivity contribution in [2.75, 3.05) is 0 Å². The average molecular weight is 275 g/mol. The van der Waals surface area contributed by atoms with Crippen LogP contribution < -0.4 is 5.32 Å². The predicted octanol–water partition coefficient (Wildman–Crippen LogP) is 2.85. The second-order valence-electron chi connectivity index (χ2n) is 7.07. The lowest BCUT2D eigenvalue weighted by molar-refractivity contribution is -0.123. The van der Waals surface area contributed by atoms with E-state index >= 15 is 0 Å². The van der Waals surface area contributed by atoms with Crippen LogP contribution in [-0.4, -0.2) is 16.7 Å². The van der Waals surface area contributed by atoms with Crippen LogP contribution in [0.3, 0.4) is 0 Å². The Bertz CT molecular complexity index is 502. The monoisotopic (exact) mass is 275 g/mol. The molecule has 0 spiro atoms. The first-order valence-corrected chi connectivity index (χ1v) is 7.84. The van der Waals surface area contributed by atoms with Gasteiger partial charge in [0.1, 0.15) is 5.82 Å². The van der Waals surface area contributed by atoms with Crippen LogP contribution in [0.5, 0.6) is 0 Å². The van der Waals surface area contributed by atoms with Crippen molar-refractivity contribution in [3.63, 3.8) is 0 Å². The van der Waals surface area contributed by atoms with Gasteiger partial charge in [0, 0.05) is 12.6 Å². The molecule has 1 aromatic rings. The van der Waals surface area contributed by atoms with E-state index in [1.165, 1.54) is 31.4 Å². The fourth-order valence-corrected chi connectivity index (χ4v) is 4.90. The SMILES string of the molecule is O[C@@]12CC3CC[C@H](NCc4ccc(F)cc4)C(CC31)C2. The summed E-state index contributed by atoms with van der Waals surface area (Å²) in [6.07, 6.45) is 5.70. The van der Waals surface area contributed by atoms with Gasteiger partial charge in [0.05, 0.1) is 5.60 Å². The Morgan fingerprint density at radius 3 is 2.70 bits per heavy atom. The van der Waals surface area contributed by atoms with Gasteiger partial charge in [-0.1, -0.05) is 12.1 Å². The molecule has 2 nitrogen and oxygen atoms in total. The van der Waals surface area contributed by atoms with Crippen molar-refractivity contribution in [3.8, 4) is 0 Å². The molecule has 3 heteroatoms. The molecule has 0 aliphatic heterocycles. The Morgan fingerprint density at radius 1 is 1.15 bits per heavy atom. The first-order valence-electron chi connectivity index (χ1n) is 7.84. The maximum atomic E-state index is 12.9. The van der Waals surface area contributed by atoms with E-state index in [-0.39, 0.29) is 11.4 Å². The highest BCUT2D eigenvalue weighted by atomic mass is 19.1. The Kier molecular flexibility index (Phi) is 2.90. The highest BCUT2D eigenvalue weighted by Crippen LogP contribution is 2.60. The number of aliphatic hydroxyl groups is 1. The summed E-state index contributed by atoms with van der Waals surface area (Å²) in [5, 5.41) is 14.2. The van der Waals surface area contributed by atoms with Gasteiger partial charge in [-0.2, -0.15) is 0 Å². The van der Waals surface area contributed by atoms with E-state index in [0.717, 1.165) is 30.9 Å². The van der Waals surface area contributed by atoms with Crippen LogP contribution in [0, 0.1) is 23.6 Å². The fraction of sp³-hybridized carbons (Fsp3) is 0.647. The van der Waals surface area contributed by atoms with Gasteiger partial charge in [0.2, 0.25) is 0 Å². The van der Waals surface area contributed by atoms with E-state index < -0.39 is 0 Å². The number of halogens is 1. The van der Waals surface area contributed by atoms with E-state index in [4.69, 9.17) is 0 Å². The van der Waals surface area contributed by atoms with Crippen LogP contribution >= 0.6 is 0 Å². The maximum absolute atomic E-state index is 12.9. The molecule has 0 heterocycles. The third kappa shape index (κ3) is 1.99. The molecule has 0 radical (unpaired) electrons. The van der Waals surface area contributed by atoms with Crippen molar-refractivity contribution < 1.29 is 9.50 Å². The van der Waals surface area contributed by atoms with Gasteiger partial charge in [-0.3, -0.25) is 0 Å². The molecule has 0 aromatic heterocycles. The van der Waals surface area contributed by atoms with Gasteiger partial charge in [-0.25, -0.2) is 4.39 Å². The summed E-state index contributed by atoms with van der Waals surface area (Å²) in [5.41, 5.74) is 0.806. The molecule has 20 heavy (non-hydrogen) atoms. The second-order valence-corrected chi connectivity index (χ2v) is 7.07. The summed E-state index contributed by atoms with van der Waals surface area (Å²) in [6, 6.07) is 7.26. The van der Waals surface area contributed by atoms with Gasteiger partial charge in [-0.15, -0.1) is 0 Å². The van der Waals surface area contributed by atoms with E-state index in [2.05, 4.69) is 5.32 Å². The highest BCUT2D eigenvalue weighted by molar-refractivity contribution is 5.17. The van der Waals surface area contributed by atoms with Gasteiger partial charge >= 0.3 is 0 Å². The highest BCUT2D eigenvalue weighted by Gasteiger charge is 2.60. The molecule has 1 aromatic carbocycles. The zero-order valence-electron chi connectivity index (χ0n) is 11.7. The van der Waals surface area contributed by atoms with Crippen molar-refractivity contribution >= 4 is 0 Å². The lowest BCUT2D eigenvalue weighted by atomic mass is 9.61. The van der Waals surface area contributed by atoms with Crippen molar-refractivity contribution in [2.24, 2.45) is 17.8 Å². The summed E-state index contributed by atoms with van der Waals surface area (Å²) >= 11 is 0. The van der Waals surface area contributed by atoms with Crippen LogP contribution in [0.4, 0.5) is 4.39 Å². The summed E-state index contributed by atoms with van der Waals surface area (Å²) in [7, 11) is 0. The van der Waals surface area contributed by atoms with E-state index in [0.29, 0.717) is 17.9 Å². The molecule has 2 N–H and O–H groups in total. The molecule has 3 unspecified atom stereocenters. The second kappa shape index (κ2) is 4.54. The molecular weight excluding hydrogens is 253 g/mol. The van der Waals surface area contributed by atoms with Gasteiger partial charge in [0.15, 0.2) is 0 Å². The van der Waals surface area contributed by atoms with Crippen LogP contribution in [0.25, 0.3) is 0 Å². The Morgan fingerprint density at radius 2 is 1.90 bits per heavy atom. The average Bonchev–Trinajstić information content (AvgIpc) is 2.59. The number of nitrogens with one attached hydrogen (secondary N) is 1. The Hall–Kier alpha value is -0.930. The fourth-order valence-electron chi connectivity index (χ4n) is 4.90. The lowest BCUT2D eigenvalue weighted by Crippen LogP contribution is -2.51. The molecule has 108 valence electrons. The zero-order valence-corrected chi connectivity index (χ0v) is 11.7. The van der Waals surface area contributed by atoms with Crippen LogP contribution in [-0.2, 0) is 6.54 Å². The molecule has 2 bridgehead atoms. The summed E-state index contributed by atoms with van der Waals surface area (Å²) < 4.78 is 12.9. The lowest BCUT2D eigenvalue weighted by Gasteiger charge is -2.49. The smallest absolute Gasteiger partial charge is 0.123 e. The van der Waals surface area contributed by atoms with Crippen molar-refractivity contribution in [2.45, 2.75) is 50.3 Å². The minimum absolute atomic E-state index is 0.177. The number of hydrogen-bond acceptors (Lipinski definition) is 2. The molecule has 3 fully saturated rings. The maximum Gasteiger partial charge on any atom is 0.123 e. The third-order valence-corrected chi connectivity index (χ3v) is 5.95. The van der Waals surface area contributed by atoms with Crippen molar-refractivity contribution in [3.05, 3.63) is 35.6 Å². The molecular formula is C17H22FNO. The molecule has 0 saturated heterocycles. The topological polar surface area (TPSA) is 32.3 Å². The first-order chi connectivity index (χ1) is 9.64. The first kappa shape index (κ1) is 12.8. The van der Waals surface area contributed by atoms with E-state index in [9.17, 15) is 9.50 Å². The zero-order chi connectivity index (χ0) is 13.7. The van der Waals surface area contributed by atoms with Gasteiger partial charge in [0.25, 0.3) is 0 Å². The summed E-state index contributed by atoms with van der Waals surface area (Å²) in [5.74, 6) is 1.79. The van der Waals surface area contributed by atoms with Gasteiger partial charge < -0.3 is 10.4 Å². The third-order valence-electron chi connectivity index (χ3n) is 5.95. The van der Waals surface area contributed by atoms with Gasteiger partial charge in [-0.05, 0) is 67.6 Å². The minimum Gasteiger partial charge on any atom is -0.390 e. The molecule has 5 atom stereocenters. The molecule has 4 rings (SSSR count). The van der Waals surface area contributed by atoms with Crippen LogP contribution in [0.2, 0.25) is 0 Å². The largest absolute Gasteiger partial charge is 0.390 e.